The van der Waals surface area contributed by atoms with Crippen molar-refractivity contribution in [2.24, 2.45) is 0 Å². The summed E-state index contributed by atoms with van der Waals surface area (Å²) in [6.07, 6.45) is 0.0945. The van der Waals surface area contributed by atoms with Crippen molar-refractivity contribution in [1.29, 1.82) is 5.26 Å². The number of ether oxygens (including phenoxy) is 1. The number of nitriles is 1. The van der Waals surface area contributed by atoms with Gasteiger partial charge in [-0.05, 0) is 33.3 Å². The van der Waals surface area contributed by atoms with E-state index < -0.39 is 11.5 Å². The van der Waals surface area contributed by atoms with Crippen molar-refractivity contribution < 1.29 is 9.53 Å². The third-order valence-electron chi connectivity index (χ3n) is 2.39. The van der Waals surface area contributed by atoms with Crippen molar-refractivity contribution in [3.05, 3.63) is 35.4 Å². The first-order valence-corrected chi connectivity index (χ1v) is 6.00. The van der Waals surface area contributed by atoms with E-state index in [9.17, 15) is 4.79 Å². The van der Waals surface area contributed by atoms with Gasteiger partial charge in [-0.15, -0.1) is 0 Å². The molecular weight excluding hydrogens is 226 g/mol. The second kappa shape index (κ2) is 5.68. The van der Waals surface area contributed by atoms with E-state index in [1.807, 2.05) is 52.0 Å². The predicted octanol–water partition coefficient (Wildman–Crippen LogP) is 3.33. The van der Waals surface area contributed by atoms with Crippen molar-refractivity contribution in [3.63, 3.8) is 0 Å². The van der Waals surface area contributed by atoms with E-state index in [0.29, 0.717) is 0 Å². The fraction of sp³-hybridized carbons (Fsp3) is 0.467. The van der Waals surface area contributed by atoms with Crippen molar-refractivity contribution in [2.45, 2.75) is 45.6 Å². The lowest BCUT2D eigenvalue weighted by atomic mass is 9.96. The zero-order valence-corrected chi connectivity index (χ0v) is 11.4. The Kier molecular flexibility index (Phi) is 4.49. The summed E-state index contributed by atoms with van der Waals surface area (Å²) in [6, 6.07) is 9.81. The maximum atomic E-state index is 11.7. The number of nitrogens with zero attached hydrogens (tertiary/aromatic N) is 1. The minimum absolute atomic E-state index is 0.0945. The molecule has 0 aliphatic carbocycles. The normalized spacial score (nSPS) is 12.6. The second-order valence-electron chi connectivity index (χ2n) is 5.39. The maximum Gasteiger partial charge on any atom is 0.307 e. The van der Waals surface area contributed by atoms with Gasteiger partial charge in [-0.2, -0.15) is 5.26 Å². The SMILES string of the molecule is Cc1cccc(C(C#N)CC(=O)OC(C)(C)C)c1. The number of carbonyl (C=O) groups is 1. The molecule has 3 heteroatoms. The molecule has 0 saturated heterocycles. The molecule has 0 saturated carbocycles. The summed E-state index contributed by atoms with van der Waals surface area (Å²) in [5.74, 6) is -0.782. The molecule has 0 bridgehead atoms. The molecule has 0 aliphatic rings. The molecule has 1 atom stereocenters. The summed E-state index contributed by atoms with van der Waals surface area (Å²) in [7, 11) is 0. The molecule has 96 valence electrons. The van der Waals surface area contributed by atoms with E-state index in [4.69, 9.17) is 10.00 Å². The summed E-state index contributed by atoms with van der Waals surface area (Å²) in [5, 5.41) is 9.16. The standard InChI is InChI=1S/C15H19NO2/c1-11-6-5-7-12(8-11)13(10-16)9-14(17)18-15(2,3)4/h5-8,13H,9H2,1-4H3. The summed E-state index contributed by atoms with van der Waals surface area (Å²) >= 11 is 0. The Labute approximate surface area is 108 Å². The van der Waals surface area contributed by atoms with Crippen LogP contribution in [0.15, 0.2) is 24.3 Å². The van der Waals surface area contributed by atoms with Gasteiger partial charge < -0.3 is 4.74 Å². The van der Waals surface area contributed by atoms with Crippen molar-refractivity contribution >= 4 is 5.97 Å². The molecular formula is C15H19NO2. The molecule has 0 N–H and O–H groups in total. The molecule has 18 heavy (non-hydrogen) atoms. The molecule has 1 aromatic carbocycles. The minimum atomic E-state index is -0.510. The Morgan fingerprint density at radius 2 is 2.11 bits per heavy atom. The number of carbonyl (C=O) groups excluding carboxylic acids is 1. The van der Waals surface area contributed by atoms with Crippen LogP contribution in [0, 0.1) is 18.3 Å². The van der Waals surface area contributed by atoms with Crippen LogP contribution in [0.2, 0.25) is 0 Å². The van der Waals surface area contributed by atoms with Gasteiger partial charge in [0, 0.05) is 0 Å². The molecule has 0 aromatic heterocycles. The second-order valence-corrected chi connectivity index (χ2v) is 5.39. The molecule has 1 rings (SSSR count). The zero-order valence-electron chi connectivity index (χ0n) is 11.4. The van der Waals surface area contributed by atoms with Gasteiger partial charge >= 0.3 is 5.97 Å². The highest BCUT2D eigenvalue weighted by molar-refractivity contribution is 5.71. The first kappa shape index (κ1) is 14.2. The molecule has 0 spiro atoms. The molecule has 0 heterocycles. The van der Waals surface area contributed by atoms with Gasteiger partial charge in [0.05, 0.1) is 18.4 Å². The van der Waals surface area contributed by atoms with Crippen LogP contribution >= 0.6 is 0 Å². The zero-order chi connectivity index (χ0) is 13.8. The van der Waals surface area contributed by atoms with E-state index in [1.54, 1.807) is 0 Å². The summed E-state index contributed by atoms with van der Waals surface area (Å²) < 4.78 is 5.23. The lowest BCUT2D eigenvalue weighted by molar-refractivity contribution is -0.154. The van der Waals surface area contributed by atoms with E-state index >= 15 is 0 Å². The summed E-state index contributed by atoms with van der Waals surface area (Å²) in [4.78, 5) is 11.7. The molecule has 0 amide bonds. The topological polar surface area (TPSA) is 50.1 Å². The van der Waals surface area contributed by atoms with Gasteiger partial charge in [0.15, 0.2) is 0 Å². The van der Waals surface area contributed by atoms with Crippen LogP contribution < -0.4 is 0 Å². The fourth-order valence-electron chi connectivity index (χ4n) is 1.67. The van der Waals surface area contributed by atoms with Crippen LogP contribution in [0.5, 0.6) is 0 Å². The van der Waals surface area contributed by atoms with Gasteiger partial charge in [-0.3, -0.25) is 4.79 Å². The average Bonchev–Trinajstić information content (AvgIpc) is 2.23. The maximum absolute atomic E-state index is 11.7. The molecule has 1 unspecified atom stereocenters. The van der Waals surface area contributed by atoms with E-state index in [-0.39, 0.29) is 12.4 Å². The first-order chi connectivity index (χ1) is 8.31. The highest BCUT2D eigenvalue weighted by Gasteiger charge is 2.21. The van der Waals surface area contributed by atoms with Gasteiger partial charge in [0.1, 0.15) is 5.60 Å². The molecule has 0 fully saturated rings. The number of aryl methyl sites for hydroxylation is 1. The molecule has 3 nitrogen and oxygen atoms in total. The minimum Gasteiger partial charge on any atom is -0.460 e. The Morgan fingerprint density at radius 3 is 2.61 bits per heavy atom. The van der Waals surface area contributed by atoms with Crippen molar-refractivity contribution in [2.75, 3.05) is 0 Å². The predicted molar refractivity (Wildman–Crippen MR) is 70.0 cm³/mol. The highest BCUT2D eigenvalue weighted by atomic mass is 16.6. The fourth-order valence-corrected chi connectivity index (χ4v) is 1.67. The smallest absolute Gasteiger partial charge is 0.307 e. The van der Waals surface area contributed by atoms with Crippen LogP contribution in [-0.4, -0.2) is 11.6 Å². The Bertz CT molecular complexity index is 466. The van der Waals surface area contributed by atoms with Crippen LogP contribution in [0.3, 0.4) is 0 Å². The largest absolute Gasteiger partial charge is 0.460 e. The van der Waals surface area contributed by atoms with Gasteiger partial charge in [0.25, 0.3) is 0 Å². The van der Waals surface area contributed by atoms with E-state index in [1.165, 1.54) is 0 Å². The van der Waals surface area contributed by atoms with Gasteiger partial charge in [0.2, 0.25) is 0 Å². The molecule has 1 aromatic rings. The lowest BCUT2D eigenvalue weighted by Gasteiger charge is -2.20. The third kappa shape index (κ3) is 4.58. The quantitative estimate of drug-likeness (QED) is 0.767. The Hall–Kier alpha value is -1.82. The van der Waals surface area contributed by atoms with Crippen molar-refractivity contribution in [1.82, 2.24) is 0 Å². The first-order valence-electron chi connectivity index (χ1n) is 6.00. The van der Waals surface area contributed by atoms with Crippen LogP contribution in [-0.2, 0) is 9.53 Å². The average molecular weight is 245 g/mol. The lowest BCUT2D eigenvalue weighted by Crippen LogP contribution is -2.24. The van der Waals surface area contributed by atoms with Crippen LogP contribution in [0.25, 0.3) is 0 Å². The third-order valence-corrected chi connectivity index (χ3v) is 2.39. The number of rotatable bonds is 3. The number of benzene rings is 1. The van der Waals surface area contributed by atoms with Crippen LogP contribution in [0.4, 0.5) is 0 Å². The van der Waals surface area contributed by atoms with E-state index in [0.717, 1.165) is 11.1 Å². The molecule has 0 radical (unpaired) electrons. The monoisotopic (exact) mass is 245 g/mol. The van der Waals surface area contributed by atoms with E-state index in [2.05, 4.69) is 6.07 Å². The number of hydrogen-bond donors (Lipinski definition) is 0. The summed E-state index contributed by atoms with van der Waals surface area (Å²) in [6.45, 7) is 7.42. The number of hydrogen-bond acceptors (Lipinski definition) is 3. The highest BCUT2D eigenvalue weighted by Crippen LogP contribution is 2.21. The van der Waals surface area contributed by atoms with Gasteiger partial charge in [-0.25, -0.2) is 0 Å². The van der Waals surface area contributed by atoms with Crippen molar-refractivity contribution in [3.8, 4) is 6.07 Å². The summed E-state index contributed by atoms with van der Waals surface area (Å²) in [5.41, 5.74) is 1.43. The van der Waals surface area contributed by atoms with Gasteiger partial charge in [-0.1, -0.05) is 29.8 Å². The Morgan fingerprint density at radius 1 is 1.44 bits per heavy atom. The number of esters is 1. The van der Waals surface area contributed by atoms with Crippen LogP contribution in [0.1, 0.15) is 44.2 Å². The molecule has 0 aliphatic heterocycles. The Balaban J connectivity index is 2.75.